The van der Waals surface area contributed by atoms with E-state index in [1.54, 1.807) is 12.1 Å². The van der Waals surface area contributed by atoms with Crippen LogP contribution in [-0.4, -0.2) is 33.3 Å². The third kappa shape index (κ3) is 4.74. The first-order valence-corrected chi connectivity index (χ1v) is 11.8. The molecule has 8 nitrogen and oxygen atoms in total. The first-order valence-electron chi connectivity index (χ1n) is 11.8. The minimum atomic E-state index is -0.570. The highest BCUT2D eigenvalue weighted by Crippen LogP contribution is 2.37. The molecular weight excluding hydrogens is 461 g/mol. The van der Waals surface area contributed by atoms with Crippen LogP contribution < -0.4 is 15.8 Å². The Labute approximate surface area is 208 Å². The van der Waals surface area contributed by atoms with Crippen LogP contribution in [0.2, 0.25) is 0 Å². The average molecular weight is 490 g/mol. The van der Waals surface area contributed by atoms with E-state index in [4.69, 9.17) is 15.2 Å². The first-order chi connectivity index (χ1) is 17.2. The summed E-state index contributed by atoms with van der Waals surface area (Å²) in [5.74, 6) is 0.791. The van der Waals surface area contributed by atoms with E-state index in [1.807, 2.05) is 51.2 Å². The summed E-state index contributed by atoms with van der Waals surface area (Å²) in [5.41, 5.74) is 8.22. The molecule has 1 saturated heterocycles. The molecule has 4 aromatic rings. The summed E-state index contributed by atoms with van der Waals surface area (Å²) in [7, 11) is 0. The molecule has 0 bridgehead atoms. The summed E-state index contributed by atoms with van der Waals surface area (Å²) in [5, 5.41) is 4.05. The molecule has 1 aliphatic rings. The number of rotatable bonds is 5. The molecule has 0 radical (unpaired) electrons. The van der Waals surface area contributed by atoms with Gasteiger partial charge in [-0.3, -0.25) is 10.1 Å². The smallest absolute Gasteiger partial charge is 0.312 e. The Bertz CT molecular complexity index is 1410. The van der Waals surface area contributed by atoms with Crippen LogP contribution in [0.4, 0.5) is 10.2 Å². The van der Waals surface area contributed by atoms with Crippen molar-refractivity contribution in [3.8, 4) is 22.6 Å². The Morgan fingerprint density at radius 3 is 2.64 bits per heavy atom. The Morgan fingerprint density at radius 1 is 1.14 bits per heavy atom. The number of benzene rings is 2. The van der Waals surface area contributed by atoms with E-state index < -0.39 is 5.41 Å². The van der Waals surface area contributed by atoms with E-state index >= 15 is 0 Å². The maximum absolute atomic E-state index is 13.5. The molecule has 5 rings (SSSR count). The van der Waals surface area contributed by atoms with Crippen molar-refractivity contribution in [2.75, 3.05) is 12.3 Å². The van der Waals surface area contributed by atoms with Gasteiger partial charge < -0.3 is 19.8 Å². The molecule has 2 aromatic heterocycles. The van der Waals surface area contributed by atoms with E-state index in [1.165, 1.54) is 18.5 Å². The lowest BCUT2D eigenvalue weighted by Gasteiger charge is -2.20. The topological polar surface area (TPSA) is 104 Å². The van der Waals surface area contributed by atoms with Crippen molar-refractivity contribution in [1.29, 1.82) is 0 Å². The second-order valence-electron chi connectivity index (χ2n) is 9.93. The normalized spacial score (nSPS) is 17.9. The maximum atomic E-state index is 13.5. The molecule has 2 atom stereocenters. The largest absolute Gasteiger partial charge is 0.457 e. The van der Waals surface area contributed by atoms with Gasteiger partial charge in [-0.25, -0.2) is 14.4 Å². The Balaban J connectivity index is 1.42. The van der Waals surface area contributed by atoms with Gasteiger partial charge in [0.25, 0.3) is 0 Å². The van der Waals surface area contributed by atoms with Gasteiger partial charge >= 0.3 is 5.97 Å². The van der Waals surface area contributed by atoms with E-state index in [9.17, 15) is 9.18 Å². The van der Waals surface area contributed by atoms with Crippen molar-refractivity contribution in [3.05, 3.63) is 66.9 Å². The lowest BCUT2D eigenvalue weighted by Crippen LogP contribution is -2.33. The molecule has 3 heterocycles. The van der Waals surface area contributed by atoms with Crippen LogP contribution in [0.5, 0.6) is 11.5 Å². The number of ether oxygens (including phenoxy) is 2. The zero-order valence-corrected chi connectivity index (χ0v) is 20.4. The predicted octanol–water partition coefficient (Wildman–Crippen LogP) is 5.06. The van der Waals surface area contributed by atoms with Gasteiger partial charge in [0.05, 0.1) is 16.8 Å². The van der Waals surface area contributed by atoms with Gasteiger partial charge in [0, 0.05) is 30.8 Å². The third-order valence-corrected chi connectivity index (χ3v) is 6.16. The molecule has 36 heavy (non-hydrogen) atoms. The number of aromatic nitrogens is 3. The number of hydrogen-bond donors (Lipinski definition) is 2. The minimum Gasteiger partial charge on any atom is -0.457 e. The highest BCUT2D eigenvalue weighted by Gasteiger charge is 2.33. The monoisotopic (exact) mass is 489 g/mol. The SMILES string of the molecule is CC(C)(C)C(=O)OC1C[C@@H](n2cc(-c3ccc(Oc4cccc(F)c4)cc3)c3c(N)ncnc32)CN1. The van der Waals surface area contributed by atoms with Crippen molar-refractivity contribution in [2.45, 2.75) is 39.5 Å². The molecule has 186 valence electrons. The van der Waals surface area contributed by atoms with Crippen LogP contribution in [-0.2, 0) is 9.53 Å². The summed E-state index contributed by atoms with van der Waals surface area (Å²) >= 11 is 0. The molecule has 1 unspecified atom stereocenters. The molecular formula is C27H28FN5O3. The van der Waals surface area contributed by atoms with Crippen LogP contribution in [0.15, 0.2) is 61.1 Å². The molecule has 3 N–H and O–H groups in total. The first kappa shape index (κ1) is 23.7. The van der Waals surface area contributed by atoms with Crippen LogP contribution in [0.1, 0.15) is 33.2 Å². The van der Waals surface area contributed by atoms with Crippen molar-refractivity contribution in [3.63, 3.8) is 0 Å². The number of anilines is 1. The van der Waals surface area contributed by atoms with E-state index in [0.29, 0.717) is 35.9 Å². The summed E-state index contributed by atoms with van der Waals surface area (Å²) in [4.78, 5) is 21.1. The number of esters is 1. The number of hydrogen-bond acceptors (Lipinski definition) is 7. The lowest BCUT2D eigenvalue weighted by atomic mass is 9.97. The van der Waals surface area contributed by atoms with Gasteiger partial charge in [-0.15, -0.1) is 0 Å². The number of nitrogens with one attached hydrogen (secondary N) is 1. The van der Waals surface area contributed by atoms with Gasteiger partial charge in [-0.1, -0.05) is 18.2 Å². The predicted molar refractivity (Wildman–Crippen MR) is 135 cm³/mol. The fourth-order valence-corrected chi connectivity index (χ4v) is 4.26. The average Bonchev–Trinajstić information content (AvgIpc) is 3.44. The van der Waals surface area contributed by atoms with E-state index in [2.05, 4.69) is 19.9 Å². The van der Waals surface area contributed by atoms with Crippen molar-refractivity contribution < 1.29 is 18.7 Å². The molecule has 9 heteroatoms. The number of fused-ring (bicyclic) bond motifs is 1. The zero-order valence-electron chi connectivity index (χ0n) is 20.4. The van der Waals surface area contributed by atoms with Crippen LogP contribution in [0, 0.1) is 11.2 Å². The van der Waals surface area contributed by atoms with Crippen LogP contribution >= 0.6 is 0 Å². The summed E-state index contributed by atoms with van der Waals surface area (Å²) < 4.78 is 27.0. The number of carbonyl (C=O) groups is 1. The van der Waals surface area contributed by atoms with Gasteiger partial charge in [0.1, 0.15) is 35.1 Å². The molecule has 0 aliphatic carbocycles. The Kier molecular flexibility index (Phi) is 6.09. The number of carbonyl (C=O) groups excluding carboxylic acids is 1. The van der Waals surface area contributed by atoms with Crippen LogP contribution in [0.3, 0.4) is 0 Å². The van der Waals surface area contributed by atoms with Gasteiger partial charge in [-0.2, -0.15) is 0 Å². The van der Waals surface area contributed by atoms with Crippen LogP contribution in [0.25, 0.3) is 22.2 Å². The summed E-state index contributed by atoms with van der Waals surface area (Å²) in [6.07, 6.45) is 3.70. The second-order valence-corrected chi connectivity index (χ2v) is 9.93. The standard InChI is InChI=1S/C27H28FN5O3/c1-27(2,3)26(34)36-22-12-18(13-30-22)33-14-21(23-24(29)31-15-32-25(23)33)16-7-9-19(10-8-16)35-20-6-4-5-17(28)11-20/h4-11,14-15,18,22,30H,12-13H2,1-3H3,(H2,29,31,32)/t18-,22?/m1/s1. The lowest BCUT2D eigenvalue weighted by molar-refractivity contribution is -0.159. The Morgan fingerprint density at radius 2 is 1.92 bits per heavy atom. The molecule has 0 saturated carbocycles. The highest BCUT2D eigenvalue weighted by molar-refractivity contribution is 6.00. The molecule has 0 spiro atoms. The number of nitrogen functional groups attached to an aromatic ring is 1. The fourth-order valence-electron chi connectivity index (χ4n) is 4.26. The second kappa shape index (κ2) is 9.23. The minimum absolute atomic E-state index is 0.0175. The summed E-state index contributed by atoms with van der Waals surface area (Å²) in [6, 6.07) is 13.5. The van der Waals surface area contributed by atoms with Crippen molar-refractivity contribution >= 4 is 22.8 Å². The highest BCUT2D eigenvalue weighted by atomic mass is 19.1. The number of nitrogens with two attached hydrogens (primary N) is 1. The van der Waals surface area contributed by atoms with Gasteiger partial charge in [0.2, 0.25) is 0 Å². The maximum Gasteiger partial charge on any atom is 0.312 e. The van der Waals surface area contributed by atoms with Gasteiger partial charge in [0.15, 0.2) is 6.23 Å². The van der Waals surface area contributed by atoms with E-state index in [-0.39, 0.29) is 24.1 Å². The number of halogens is 1. The molecule has 2 aromatic carbocycles. The van der Waals surface area contributed by atoms with Crippen molar-refractivity contribution in [2.24, 2.45) is 5.41 Å². The molecule has 0 amide bonds. The number of nitrogens with zero attached hydrogens (tertiary/aromatic N) is 3. The van der Waals surface area contributed by atoms with Gasteiger partial charge in [-0.05, 0) is 50.6 Å². The molecule has 1 fully saturated rings. The fraction of sp³-hybridized carbons (Fsp3) is 0.296. The van der Waals surface area contributed by atoms with Crippen molar-refractivity contribution in [1.82, 2.24) is 19.9 Å². The molecule has 1 aliphatic heterocycles. The quantitative estimate of drug-likeness (QED) is 0.378. The van der Waals surface area contributed by atoms with E-state index in [0.717, 1.165) is 16.5 Å². The zero-order chi connectivity index (χ0) is 25.4. The summed E-state index contributed by atoms with van der Waals surface area (Å²) in [6.45, 7) is 6.13. The Hall–Kier alpha value is -3.98. The third-order valence-electron chi connectivity index (χ3n) is 6.16.